The molecule has 0 bridgehead atoms. The molecule has 1 aromatic carbocycles. The van der Waals surface area contributed by atoms with Crippen LogP contribution >= 0.6 is 0 Å². The lowest BCUT2D eigenvalue weighted by Crippen LogP contribution is -2.42. The van der Waals surface area contributed by atoms with E-state index in [1.165, 1.54) is 11.4 Å². The Morgan fingerprint density at radius 3 is 2.57 bits per heavy atom. The van der Waals surface area contributed by atoms with E-state index < -0.39 is 22.1 Å². The summed E-state index contributed by atoms with van der Waals surface area (Å²) in [6.45, 7) is 0.283. The minimum atomic E-state index is -3.60. The summed E-state index contributed by atoms with van der Waals surface area (Å²) in [4.78, 5) is 10.9. The summed E-state index contributed by atoms with van der Waals surface area (Å²) in [5, 5.41) is 8.95. The Hall–Kier alpha value is -1.44. The van der Waals surface area contributed by atoms with Crippen molar-refractivity contribution in [3.05, 3.63) is 35.9 Å². The summed E-state index contributed by atoms with van der Waals surface area (Å²) in [5.74, 6) is -1.30. The highest BCUT2D eigenvalue weighted by molar-refractivity contribution is 7.87. The SMILES string of the molecule is CN(Cc1ccccc1)S(=O)(=O)NC1CCC(C(=O)O)C1. The van der Waals surface area contributed by atoms with Gasteiger partial charge in [0.15, 0.2) is 0 Å². The van der Waals surface area contributed by atoms with Gasteiger partial charge in [-0.1, -0.05) is 30.3 Å². The molecule has 0 aromatic heterocycles. The van der Waals surface area contributed by atoms with Crippen molar-refractivity contribution in [3.63, 3.8) is 0 Å². The molecule has 0 amide bonds. The molecular formula is C14H20N2O4S. The van der Waals surface area contributed by atoms with Crippen LogP contribution < -0.4 is 4.72 Å². The van der Waals surface area contributed by atoms with E-state index in [9.17, 15) is 13.2 Å². The molecule has 0 aliphatic heterocycles. The molecule has 1 aromatic rings. The van der Waals surface area contributed by atoms with Crippen LogP contribution in [0.2, 0.25) is 0 Å². The smallest absolute Gasteiger partial charge is 0.306 e. The first-order chi connectivity index (χ1) is 9.88. The second-order valence-corrected chi connectivity index (χ2v) is 7.22. The van der Waals surface area contributed by atoms with Gasteiger partial charge >= 0.3 is 5.97 Å². The van der Waals surface area contributed by atoms with Crippen LogP contribution in [-0.4, -0.2) is 36.9 Å². The average Bonchev–Trinajstić information content (AvgIpc) is 2.88. The molecule has 0 heterocycles. The molecule has 6 nitrogen and oxygen atoms in total. The van der Waals surface area contributed by atoms with Crippen LogP contribution in [0.4, 0.5) is 0 Å². The lowest BCUT2D eigenvalue weighted by molar-refractivity contribution is -0.141. The average molecular weight is 312 g/mol. The fourth-order valence-corrected chi connectivity index (χ4v) is 3.67. The lowest BCUT2D eigenvalue weighted by atomic mass is 10.1. The Balaban J connectivity index is 1.94. The predicted octanol–water partition coefficient (Wildman–Crippen LogP) is 1.21. The minimum absolute atomic E-state index is 0.283. The summed E-state index contributed by atoms with van der Waals surface area (Å²) >= 11 is 0. The van der Waals surface area contributed by atoms with Crippen molar-refractivity contribution in [1.29, 1.82) is 0 Å². The number of carboxylic acid groups (broad SMARTS) is 1. The number of nitrogens with one attached hydrogen (secondary N) is 1. The molecule has 2 N–H and O–H groups in total. The molecule has 0 radical (unpaired) electrons. The quantitative estimate of drug-likeness (QED) is 0.826. The standard InChI is InChI=1S/C14H20N2O4S/c1-16(10-11-5-3-2-4-6-11)21(19,20)15-13-8-7-12(9-13)14(17)18/h2-6,12-13,15H,7-10H2,1H3,(H,17,18). The Morgan fingerprint density at radius 1 is 1.33 bits per heavy atom. The van der Waals surface area contributed by atoms with Crippen molar-refractivity contribution in [3.8, 4) is 0 Å². The number of carboxylic acids is 1. The number of aliphatic carboxylic acids is 1. The molecule has 2 unspecified atom stereocenters. The minimum Gasteiger partial charge on any atom is -0.481 e. The molecular weight excluding hydrogens is 292 g/mol. The van der Waals surface area contributed by atoms with Gasteiger partial charge in [0.05, 0.1) is 5.92 Å². The van der Waals surface area contributed by atoms with Crippen molar-refractivity contribution in [2.75, 3.05) is 7.05 Å². The maximum Gasteiger partial charge on any atom is 0.306 e. The Kier molecular flexibility index (Phi) is 4.97. The third kappa shape index (κ3) is 4.26. The van der Waals surface area contributed by atoms with Crippen LogP contribution in [-0.2, 0) is 21.5 Å². The molecule has 1 fully saturated rings. The Labute approximate surface area is 125 Å². The van der Waals surface area contributed by atoms with Crippen LogP contribution in [0.25, 0.3) is 0 Å². The highest BCUT2D eigenvalue weighted by atomic mass is 32.2. The number of benzene rings is 1. The monoisotopic (exact) mass is 312 g/mol. The number of rotatable bonds is 6. The van der Waals surface area contributed by atoms with Crippen molar-refractivity contribution in [2.45, 2.75) is 31.8 Å². The van der Waals surface area contributed by atoms with Gasteiger partial charge in [0, 0.05) is 19.6 Å². The van der Waals surface area contributed by atoms with Gasteiger partial charge in [-0.25, -0.2) is 0 Å². The van der Waals surface area contributed by atoms with Crippen LogP contribution in [0.15, 0.2) is 30.3 Å². The molecule has 7 heteroatoms. The number of nitrogens with zero attached hydrogens (tertiary/aromatic N) is 1. The van der Waals surface area contributed by atoms with Crippen LogP contribution in [0.3, 0.4) is 0 Å². The second kappa shape index (κ2) is 6.55. The van der Waals surface area contributed by atoms with Gasteiger partial charge in [0.2, 0.25) is 0 Å². The van der Waals surface area contributed by atoms with Gasteiger partial charge < -0.3 is 5.11 Å². The molecule has 2 rings (SSSR count). The normalized spacial score (nSPS) is 22.6. The predicted molar refractivity (Wildman–Crippen MR) is 78.7 cm³/mol. The van der Waals surface area contributed by atoms with Crippen molar-refractivity contribution >= 4 is 16.2 Å². The molecule has 116 valence electrons. The number of hydrogen-bond donors (Lipinski definition) is 2. The fourth-order valence-electron chi connectivity index (χ4n) is 2.54. The van der Waals surface area contributed by atoms with E-state index in [1.807, 2.05) is 30.3 Å². The highest BCUT2D eigenvalue weighted by Gasteiger charge is 2.33. The van der Waals surface area contributed by atoms with E-state index in [0.29, 0.717) is 19.3 Å². The zero-order valence-corrected chi connectivity index (χ0v) is 12.7. The number of carbonyl (C=O) groups is 1. The Morgan fingerprint density at radius 2 is 2.00 bits per heavy atom. The molecule has 1 saturated carbocycles. The first kappa shape index (κ1) is 15.9. The fraction of sp³-hybridized carbons (Fsp3) is 0.500. The van der Waals surface area contributed by atoms with Crippen molar-refractivity contribution in [2.24, 2.45) is 5.92 Å². The molecule has 1 aliphatic rings. The Bertz CT molecular complexity index is 588. The van der Waals surface area contributed by atoms with Crippen LogP contribution in [0.1, 0.15) is 24.8 Å². The number of hydrogen-bond acceptors (Lipinski definition) is 3. The second-order valence-electron chi connectivity index (χ2n) is 5.41. The highest BCUT2D eigenvalue weighted by Crippen LogP contribution is 2.26. The largest absolute Gasteiger partial charge is 0.481 e. The van der Waals surface area contributed by atoms with Crippen LogP contribution in [0.5, 0.6) is 0 Å². The maximum absolute atomic E-state index is 12.2. The topological polar surface area (TPSA) is 86.7 Å². The van der Waals surface area contributed by atoms with Crippen molar-refractivity contribution in [1.82, 2.24) is 9.03 Å². The molecule has 21 heavy (non-hydrogen) atoms. The van der Waals surface area contributed by atoms with Crippen molar-refractivity contribution < 1.29 is 18.3 Å². The van der Waals surface area contributed by atoms with E-state index in [4.69, 9.17) is 5.11 Å². The summed E-state index contributed by atoms with van der Waals surface area (Å²) in [7, 11) is -2.09. The third-order valence-electron chi connectivity index (χ3n) is 3.76. The summed E-state index contributed by atoms with van der Waals surface area (Å²) in [6.07, 6.45) is 1.44. The van der Waals surface area contributed by atoms with Crippen LogP contribution in [0, 0.1) is 5.92 Å². The van der Waals surface area contributed by atoms with Gasteiger partial charge in [0.25, 0.3) is 10.2 Å². The third-order valence-corrected chi connectivity index (χ3v) is 5.34. The summed E-state index contributed by atoms with van der Waals surface area (Å²) in [5.41, 5.74) is 0.903. The van der Waals surface area contributed by atoms with E-state index in [0.717, 1.165) is 5.56 Å². The summed E-state index contributed by atoms with van der Waals surface area (Å²) in [6, 6.07) is 9.02. The first-order valence-corrected chi connectivity index (χ1v) is 8.33. The van der Waals surface area contributed by atoms with Gasteiger partial charge in [0.1, 0.15) is 0 Å². The molecule has 0 saturated heterocycles. The van der Waals surface area contributed by atoms with Gasteiger partial charge in [-0.3, -0.25) is 4.79 Å². The van der Waals surface area contributed by atoms with Gasteiger partial charge in [-0.05, 0) is 24.8 Å². The summed E-state index contributed by atoms with van der Waals surface area (Å²) < 4.78 is 28.3. The van der Waals surface area contributed by atoms with Gasteiger partial charge in [-0.2, -0.15) is 17.4 Å². The molecule has 2 atom stereocenters. The van der Waals surface area contributed by atoms with E-state index in [-0.39, 0.29) is 12.6 Å². The maximum atomic E-state index is 12.2. The van der Waals surface area contributed by atoms with E-state index in [2.05, 4.69) is 4.72 Å². The van der Waals surface area contributed by atoms with Gasteiger partial charge in [-0.15, -0.1) is 0 Å². The zero-order chi connectivity index (χ0) is 15.5. The van der Waals surface area contributed by atoms with E-state index in [1.54, 1.807) is 0 Å². The van der Waals surface area contributed by atoms with E-state index >= 15 is 0 Å². The molecule has 1 aliphatic carbocycles. The molecule has 0 spiro atoms. The lowest BCUT2D eigenvalue weighted by Gasteiger charge is -2.20. The zero-order valence-electron chi connectivity index (χ0n) is 11.9. The first-order valence-electron chi connectivity index (χ1n) is 6.89.